The average Bonchev–Trinajstić information content (AvgIpc) is 3.11. The summed E-state index contributed by atoms with van der Waals surface area (Å²) in [5.74, 6) is 0.212. The number of hydrogen-bond donors (Lipinski definition) is 1. The maximum absolute atomic E-state index is 12.6. The molecule has 0 saturated heterocycles. The summed E-state index contributed by atoms with van der Waals surface area (Å²) >= 11 is 1.74. The van der Waals surface area contributed by atoms with Crippen molar-refractivity contribution in [3.63, 3.8) is 0 Å². The van der Waals surface area contributed by atoms with Crippen molar-refractivity contribution in [2.24, 2.45) is 5.92 Å². The molecular formula is C22H22N2OS. The summed E-state index contributed by atoms with van der Waals surface area (Å²) in [6, 6.07) is 18.5. The molecule has 1 aliphatic carbocycles. The molecule has 2 aromatic carbocycles. The standard InChI is InChI=1S/C22H22N2OS/c1-15-7-5-6-10-18(15)14-23-21(25)17-11-12-19-20(13-17)26-22(24-19)16-8-3-2-4-9-16/h2-10,17H,11-14H2,1H3,(H,23,25). The van der Waals surface area contributed by atoms with Crippen LogP contribution in [0.2, 0.25) is 0 Å². The van der Waals surface area contributed by atoms with Crippen molar-refractivity contribution >= 4 is 17.2 Å². The normalized spacial score (nSPS) is 16.1. The average molecular weight is 362 g/mol. The van der Waals surface area contributed by atoms with Gasteiger partial charge in [0.1, 0.15) is 5.01 Å². The summed E-state index contributed by atoms with van der Waals surface area (Å²) in [6.45, 7) is 2.68. The highest BCUT2D eigenvalue weighted by molar-refractivity contribution is 7.15. The van der Waals surface area contributed by atoms with Crippen LogP contribution in [0.4, 0.5) is 0 Å². The first-order chi connectivity index (χ1) is 12.7. The molecule has 1 heterocycles. The molecule has 1 unspecified atom stereocenters. The van der Waals surface area contributed by atoms with Crippen LogP contribution in [0.15, 0.2) is 54.6 Å². The highest BCUT2D eigenvalue weighted by Gasteiger charge is 2.27. The zero-order valence-corrected chi connectivity index (χ0v) is 15.7. The summed E-state index contributed by atoms with van der Waals surface area (Å²) < 4.78 is 0. The highest BCUT2D eigenvalue weighted by Crippen LogP contribution is 2.34. The van der Waals surface area contributed by atoms with Gasteiger partial charge < -0.3 is 5.32 Å². The van der Waals surface area contributed by atoms with E-state index in [0.29, 0.717) is 6.54 Å². The van der Waals surface area contributed by atoms with Gasteiger partial charge in [-0.1, -0.05) is 54.6 Å². The summed E-state index contributed by atoms with van der Waals surface area (Å²) in [6.07, 6.45) is 2.57. The number of thiazole rings is 1. The highest BCUT2D eigenvalue weighted by atomic mass is 32.1. The van der Waals surface area contributed by atoms with E-state index in [1.807, 2.05) is 30.3 Å². The third-order valence-electron chi connectivity index (χ3n) is 5.05. The number of carbonyl (C=O) groups excluding carboxylic acids is 1. The molecule has 132 valence electrons. The van der Waals surface area contributed by atoms with E-state index in [2.05, 4.69) is 36.5 Å². The van der Waals surface area contributed by atoms with Crippen LogP contribution in [0.1, 0.15) is 28.1 Å². The summed E-state index contributed by atoms with van der Waals surface area (Å²) in [5, 5.41) is 4.19. The first kappa shape index (κ1) is 17.0. The Balaban J connectivity index is 1.42. The number of hydrogen-bond acceptors (Lipinski definition) is 3. The molecule has 26 heavy (non-hydrogen) atoms. The van der Waals surface area contributed by atoms with Crippen LogP contribution in [0, 0.1) is 12.8 Å². The maximum Gasteiger partial charge on any atom is 0.223 e. The fourth-order valence-corrected chi connectivity index (χ4v) is 4.63. The van der Waals surface area contributed by atoms with E-state index < -0.39 is 0 Å². The Morgan fingerprint density at radius 2 is 1.92 bits per heavy atom. The topological polar surface area (TPSA) is 42.0 Å². The second kappa shape index (κ2) is 7.42. The Kier molecular flexibility index (Phi) is 4.85. The van der Waals surface area contributed by atoms with E-state index in [9.17, 15) is 4.79 Å². The molecule has 0 bridgehead atoms. The molecule has 1 amide bonds. The Hall–Kier alpha value is -2.46. The zero-order valence-electron chi connectivity index (χ0n) is 14.9. The molecule has 3 aromatic rings. The predicted octanol–water partition coefficient (Wildman–Crippen LogP) is 4.54. The van der Waals surface area contributed by atoms with E-state index in [1.54, 1.807) is 11.3 Å². The molecule has 1 aromatic heterocycles. The molecule has 4 heteroatoms. The molecule has 3 nitrogen and oxygen atoms in total. The number of rotatable bonds is 4. The number of nitrogens with one attached hydrogen (secondary N) is 1. The SMILES string of the molecule is Cc1ccccc1CNC(=O)C1CCc2nc(-c3ccccc3)sc2C1. The largest absolute Gasteiger partial charge is 0.352 e. The number of benzene rings is 2. The molecule has 0 saturated carbocycles. The third kappa shape index (κ3) is 3.56. The lowest BCUT2D eigenvalue weighted by atomic mass is 9.90. The maximum atomic E-state index is 12.6. The summed E-state index contributed by atoms with van der Waals surface area (Å²) in [4.78, 5) is 18.7. The van der Waals surface area contributed by atoms with Gasteiger partial charge >= 0.3 is 0 Å². The fraction of sp³-hybridized carbons (Fsp3) is 0.273. The molecule has 0 aliphatic heterocycles. The van der Waals surface area contributed by atoms with Gasteiger partial charge in [0, 0.05) is 22.9 Å². The summed E-state index contributed by atoms with van der Waals surface area (Å²) in [5.41, 5.74) is 4.74. The number of aryl methyl sites for hydroxylation is 2. The second-order valence-corrected chi connectivity index (χ2v) is 7.92. The quantitative estimate of drug-likeness (QED) is 0.740. The predicted molar refractivity (Wildman–Crippen MR) is 106 cm³/mol. The molecule has 1 N–H and O–H groups in total. The first-order valence-electron chi connectivity index (χ1n) is 9.07. The van der Waals surface area contributed by atoms with Crippen molar-refractivity contribution in [3.05, 3.63) is 76.3 Å². The van der Waals surface area contributed by atoms with Crippen molar-refractivity contribution in [1.82, 2.24) is 10.3 Å². The monoisotopic (exact) mass is 362 g/mol. The Labute approximate surface area is 158 Å². The minimum absolute atomic E-state index is 0.0515. The second-order valence-electron chi connectivity index (χ2n) is 6.84. The van der Waals surface area contributed by atoms with Gasteiger partial charge in [-0.15, -0.1) is 11.3 Å². The molecule has 4 rings (SSSR count). The number of amides is 1. The molecule has 1 atom stereocenters. The van der Waals surface area contributed by atoms with E-state index >= 15 is 0 Å². The lowest BCUT2D eigenvalue weighted by Crippen LogP contribution is -2.33. The van der Waals surface area contributed by atoms with Gasteiger partial charge in [0.2, 0.25) is 5.91 Å². The van der Waals surface area contributed by atoms with Crippen molar-refractivity contribution in [1.29, 1.82) is 0 Å². The lowest BCUT2D eigenvalue weighted by Gasteiger charge is -2.20. The van der Waals surface area contributed by atoms with Crippen LogP contribution in [0.3, 0.4) is 0 Å². The third-order valence-corrected chi connectivity index (χ3v) is 6.21. The summed E-state index contributed by atoms with van der Waals surface area (Å²) in [7, 11) is 0. The minimum atomic E-state index is 0.0515. The van der Waals surface area contributed by atoms with Gasteiger partial charge in [0.25, 0.3) is 0 Å². The van der Waals surface area contributed by atoms with E-state index in [-0.39, 0.29) is 11.8 Å². The molecule has 0 spiro atoms. The van der Waals surface area contributed by atoms with E-state index in [1.165, 1.54) is 21.7 Å². The van der Waals surface area contributed by atoms with Crippen LogP contribution in [-0.2, 0) is 24.2 Å². The van der Waals surface area contributed by atoms with Gasteiger partial charge in [0.15, 0.2) is 0 Å². The van der Waals surface area contributed by atoms with E-state index in [4.69, 9.17) is 4.98 Å². The number of nitrogens with zero attached hydrogens (tertiary/aromatic N) is 1. The number of aromatic nitrogens is 1. The fourth-order valence-electron chi connectivity index (χ4n) is 3.44. The molecule has 1 aliphatic rings. The van der Waals surface area contributed by atoms with Gasteiger partial charge in [-0.05, 0) is 37.3 Å². The van der Waals surface area contributed by atoms with Crippen LogP contribution < -0.4 is 5.32 Å². The Morgan fingerprint density at radius 1 is 1.15 bits per heavy atom. The molecule has 0 radical (unpaired) electrons. The smallest absolute Gasteiger partial charge is 0.223 e. The Morgan fingerprint density at radius 3 is 2.73 bits per heavy atom. The lowest BCUT2D eigenvalue weighted by molar-refractivity contribution is -0.125. The molecular weight excluding hydrogens is 340 g/mol. The van der Waals surface area contributed by atoms with Crippen LogP contribution >= 0.6 is 11.3 Å². The molecule has 0 fully saturated rings. The van der Waals surface area contributed by atoms with Crippen molar-refractivity contribution in [2.45, 2.75) is 32.7 Å². The van der Waals surface area contributed by atoms with E-state index in [0.717, 1.165) is 29.8 Å². The van der Waals surface area contributed by atoms with Crippen LogP contribution in [0.5, 0.6) is 0 Å². The minimum Gasteiger partial charge on any atom is -0.352 e. The van der Waals surface area contributed by atoms with Gasteiger partial charge in [0.05, 0.1) is 5.69 Å². The van der Waals surface area contributed by atoms with Crippen LogP contribution in [0.25, 0.3) is 10.6 Å². The van der Waals surface area contributed by atoms with Crippen molar-refractivity contribution in [3.8, 4) is 10.6 Å². The van der Waals surface area contributed by atoms with Gasteiger partial charge in [-0.3, -0.25) is 4.79 Å². The Bertz CT molecular complexity index is 917. The number of carbonyl (C=O) groups is 1. The van der Waals surface area contributed by atoms with Gasteiger partial charge in [-0.2, -0.15) is 0 Å². The van der Waals surface area contributed by atoms with Crippen molar-refractivity contribution in [2.75, 3.05) is 0 Å². The number of fused-ring (bicyclic) bond motifs is 1. The van der Waals surface area contributed by atoms with Crippen molar-refractivity contribution < 1.29 is 4.79 Å². The zero-order chi connectivity index (χ0) is 17.9. The van der Waals surface area contributed by atoms with Crippen LogP contribution in [-0.4, -0.2) is 10.9 Å². The first-order valence-corrected chi connectivity index (χ1v) is 9.88. The van der Waals surface area contributed by atoms with Gasteiger partial charge in [-0.25, -0.2) is 4.98 Å².